The number of aryl methyl sites for hydroxylation is 1. The number of hydrogen-bond acceptors (Lipinski definition) is 3. The fourth-order valence-electron chi connectivity index (χ4n) is 1.63. The second-order valence-corrected chi connectivity index (χ2v) is 5.12. The molecule has 2 rings (SSSR count). The van der Waals surface area contributed by atoms with Crippen LogP contribution >= 0.6 is 11.3 Å². The summed E-state index contributed by atoms with van der Waals surface area (Å²) >= 11 is 1.84. The van der Waals surface area contributed by atoms with Gasteiger partial charge < -0.3 is 10.6 Å². The van der Waals surface area contributed by atoms with Gasteiger partial charge in [-0.3, -0.25) is 0 Å². The van der Waals surface area contributed by atoms with Crippen molar-refractivity contribution in [2.75, 3.05) is 19.6 Å². The van der Waals surface area contributed by atoms with E-state index < -0.39 is 0 Å². The van der Waals surface area contributed by atoms with Gasteiger partial charge in [-0.1, -0.05) is 5.57 Å². The van der Waals surface area contributed by atoms with Crippen molar-refractivity contribution in [1.82, 2.24) is 10.6 Å². The lowest BCUT2D eigenvalue weighted by molar-refractivity contribution is 0.641. The zero-order valence-corrected chi connectivity index (χ0v) is 10.2. The Labute approximate surface area is 95.4 Å². The summed E-state index contributed by atoms with van der Waals surface area (Å²) in [5, 5.41) is 8.93. The van der Waals surface area contributed by atoms with Crippen LogP contribution in [0, 0.1) is 6.92 Å². The van der Waals surface area contributed by atoms with Crippen molar-refractivity contribution in [3.05, 3.63) is 33.0 Å². The van der Waals surface area contributed by atoms with Crippen LogP contribution in [0.5, 0.6) is 0 Å². The molecular formula is C12H18N2S. The van der Waals surface area contributed by atoms with E-state index in [9.17, 15) is 0 Å². The predicted molar refractivity (Wildman–Crippen MR) is 66.3 cm³/mol. The Bertz CT molecular complexity index is 359. The average Bonchev–Trinajstić information content (AvgIpc) is 2.49. The Kier molecular flexibility index (Phi) is 3.57. The van der Waals surface area contributed by atoms with E-state index in [1.807, 2.05) is 11.3 Å². The van der Waals surface area contributed by atoms with Crippen molar-refractivity contribution in [2.45, 2.75) is 20.4 Å². The van der Waals surface area contributed by atoms with E-state index in [2.05, 4.69) is 35.9 Å². The SMILES string of the molecule is CC(CNCc1sccc1C)=C1CNC1. The Morgan fingerprint density at radius 2 is 2.33 bits per heavy atom. The second kappa shape index (κ2) is 4.92. The summed E-state index contributed by atoms with van der Waals surface area (Å²) in [5.41, 5.74) is 4.48. The molecule has 0 bridgehead atoms. The van der Waals surface area contributed by atoms with Crippen molar-refractivity contribution in [1.29, 1.82) is 0 Å². The molecule has 2 N–H and O–H groups in total. The van der Waals surface area contributed by atoms with Gasteiger partial charge in [-0.05, 0) is 36.4 Å². The highest BCUT2D eigenvalue weighted by Gasteiger charge is 2.10. The minimum atomic E-state index is 1.00. The van der Waals surface area contributed by atoms with Gasteiger partial charge in [0.25, 0.3) is 0 Å². The summed E-state index contributed by atoms with van der Waals surface area (Å²) in [4.78, 5) is 1.46. The van der Waals surface area contributed by atoms with Crippen LogP contribution in [0.4, 0.5) is 0 Å². The first-order valence-corrected chi connectivity index (χ1v) is 6.27. The quantitative estimate of drug-likeness (QED) is 0.762. The van der Waals surface area contributed by atoms with Gasteiger partial charge in [0.1, 0.15) is 0 Å². The van der Waals surface area contributed by atoms with Crippen LogP contribution < -0.4 is 10.6 Å². The molecular weight excluding hydrogens is 204 g/mol. The first kappa shape index (κ1) is 10.9. The molecule has 0 unspecified atom stereocenters. The van der Waals surface area contributed by atoms with E-state index in [1.165, 1.54) is 16.0 Å². The molecule has 1 aromatic rings. The molecule has 1 aromatic heterocycles. The van der Waals surface area contributed by atoms with Crippen molar-refractivity contribution in [3.8, 4) is 0 Å². The second-order valence-electron chi connectivity index (χ2n) is 4.12. The molecule has 0 saturated carbocycles. The molecule has 2 nitrogen and oxygen atoms in total. The zero-order valence-electron chi connectivity index (χ0n) is 9.39. The Hall–Kier alpha value is -0.640. The van der Waals surface area contributed by atoms with E-state index in [1.54, 1.807) is 5.57 Å². The van der Waals surface area contributed by atoms with Gasteiger partial charge in [0.05, 0.1) is 0 Å². The summed E-state index contributed by atoms with van der Waals surface area (Å²) in [5.74, 6) is 0. The lowest BCUT2D eigenvalue weighted by Gasteiger charge is -2.22. The van der Waals surface area contributed by atoms with Crippen LogP contribution in [-0.2, 0) is 6.54 Å². The van der Waals surface area contributed by atoms with Gasteiger partial charge in [-0.15, -0.1) is 11.3 Å². The van der Waals surface area contributed by atoms with E-state index in [0.717, 1.165) is 26.2 Å². The topological polar surface area (TPSA) is 24.1 Å². The highest BCUT2D eigenvalue weighted by atomic mass is 32.1. The third-order valence-electron chi connectivity index (χ3n) is 2.92. The Morgan fingerprint density at radius 3 is 2.87 bits per heavy atom. The summed E-state index contributed by atoms with van der Waals surface area (Å²) in [6.45, 7) is 8.60. The zero-order chi connectivity index (χ0) is 10.7. The monoisotopic (exact) mass is 222 g/mol. The number of nitrogens with one attached hydrogen (secondary N) is 2. The maximum Gasteiger partial charge on any atom is 0.0305 e. The minimum Gasteiger partial charge on any atom is -0.309 e. The molecule has 15 heavy (non-hydrogen) atoms. The van der Waals surface area contributed by atoms with Gasteiger partial charge in [-0.25, -0.2) is 0 Å². The Morgan fingerprint density at radius 1 is 1.53 bits per heavy atom. The number of hydrogen-bond donors (Lipinski definition) is 2. The highest BCUT2D eigenvalue weighted by Crippen LogP contribution is 2.15. The van der Waals surface area contributed by atoms with E-state index in [0.29, 0.717) is 0 Å². The van der Waals surface area contributed by atoms with E-state index in [-0.39, 0.29) is 0 Å². The molecule has 1 aliphatic rings. The predicted octanol–water partition coefficient (Wildman–Crippen LogP) is 2.07. The Balaban J connectivity index is 1.78. The molecule has 1 aliphatic heterocycles. The van der Waals surface area contributed by atoms with E-state index >= 15 is 0 Å². The maximum absolute atomic E-state index is 3.50. The fourth-order valence-corrected chi connectivity index (χ4v) is 2.50. The normalized spacial score (nSPS) is 15.2. The van der Waals surface area contributed by atoms with Crippen LogP contribution in [0.15, 0.2) is 22.6 Å². The van der Waals surface area contributed by atoms with Gasteiger partial charge in [-0.2, -0.15) is 0 Å². The maximum atomic E-state index is 3.50. The molecule has 0 amide bonds. The summed E-state index contributed by atoms with van der Waals surface area (Å²) in [6.07, 6.45) is 0. The van der Waals surface area contributed by atoms with Crippen LogP contribution in [-0.4, -0.2) is 19.6 Å². The molecule has 3 heteroatoms. The number of rotatable bonds is 4. The molecule has 82 valence electrons. The van der Waals surface area contributed by atoms with Gasteiger partial charge in [0.15, 0.2) is 0 Å². The summed E-state index contributed by atoms with van der Waals surface area (Å²) in [7, 11) is 0. The van der Waals surface area contributed by atoms with Crippen LogP contribution in [0.25, 0.3) is 0 Å². The van der Waals surface area contributed by atoms with Crippen LogP contribution in [0.3, 0.4) is 0 Å². The average molecular weight is 222 g/mol. The third-order valence-corrected chi connectivity index (χ3v) is 3.95. The summed E-state index contributed by atoms with van der Waals surface area (Å²) in [6, 6.07) is 2.18. The molecule has 1 saturated heterocycles. The van der Waals surface area contributed by atoms with Gasteiger partial charge in [0.2, 0.25) is 0 Å². The summed E-state index contributed by atoms with van der Waals surface area (Å²) < 4.78 is 0. The minimum absolute atomic E-state index is 1.00. The molecule has 0 aliphatic carbocycles. The van der Waals surface area contributed by atoms with Crippen molar-refractivity contribution in [3.63, 3.8) is 0 Å². The number of thiophene rings is 1. The van der Waals surface area contributed by atoms with Crippen LogP contribution in [0.1, 0.15) is 17.4 Å². The smallest absolute Gasteiger partial charge is 0.0305 e. The third kappa shape index (κ3) is 2.68. The molecule has 0 atom stereocenters. The first-order chi connectivity index (χ1) is 7.27. The molecule has 0 spiro atoms. The lowest BCUT2D eigenvalue weighted by Crippen LogP contribution is -2.36. The molecule has 0 aromatic carbocycles. The molecule has 0 radical (unpaired) electrons. The van der Waals surface area contributed by atoms with Gasteiger partial charge >= 0.3 is 0 Å². The molecule has 2 heterocycles. The van der Waals surface area contributed by atoms with Gasteiger partial charge in [0, 0.05) is 31.1 Å². The first-order valence-electron chi connectivity index (χ1n) is 5.39. The molecule has 1 fully saturated rings. The largest absolute Gasteiger partial charge is 0.309 e. The van der Waals surface area contributed by atoms with E-state index in [4.69, 9.17) is 0 Å². The van der Waals surface area contributed by atoms with Crippen molar-refractivity contribution >= 4 is 11.3 Å². The standard InChI is InChI=1S/C12H18N2S/c1-9-3-4-15-12(9)8-13-5-10(2)11-6-14-7-11/h3-4,13-14H,5-8H2,1-2H3. The lowest BCUT2D eigenvalue weighted by atomic mass is 10.0. The van der Waals surface area contributed by atoms with Crippen molar-refractivity contribution < 1.29 is 0 Å². The highest BCUT2D eigenvalue weighted by molar-refractivity contribution is 7.10. The van der Waals surface area contributed by atoms with Crippen molar-refractivity contribution in [2.24, 2.45) is 0 Å². The fraction of sp³-hybridized carbons (Fsp3) is 0.500. The van der Waals surface area contributed by atoms with Crippen LogP contribution in [0.2, 0.25) is 0 Å².